The zero-order valence-corrected chi connectivity index (χ0v) is 11.3. The van der Waals surface area contributed by atoms with E-state index in [1.807, 2.05) is 0 Å². The van der Waals surface area contributed by atoms with E-state index >= 15 is 0 Å². The highest BCUT2D eigenvalue weighted by Gasteiger charge is 2.29. The second-order valence-corrected chi connectivity index (χ2v) is 6.82. The predicted octanol–water partition coefficient (Wildman–Crippen LogP) is -2.29. The Labute approximate surface area is 111 Å². The van der Waals surface area contributed by atoms with Crippen molar-refractivity contribution in [3.8, 4) is 0 Å². The van der Waals surface area contributed by atoms with Crippen molar-refractivity contribution < 1.29 is 28.2 Å². The van der Waals surface area contributed by atoms with Crippen LogP contribution in [-0.4, -0.2) is 66.7 Å². The van der Waals surface area contributed by atoms with Crippen molar-refractivity contribution >= 4 is 21.7 Å². The van der Waals surface area contributed by atoms with Crippen molar-refractivity contribution in [1.29, 1.82) is 0 Å². The quantitative estimate of drug-likeness (QED) is 0.448. The first-order chi connectivity index (χ1) is 8.71. The summed E-state index contributed by atoms with van der Waals surface area (Å²) >= 11 is 0. The number of hydrogen-bond donors (Lipinski definition) is 4. The summed E-state index contributed by atoms with van der Waals surface area (Å²) < 4.78 is 22.8. The van der Waals surface area contributed by atoms with Crippen molar-refractivity contribution in [2.45, 2.75) is 31.5 Å². The first-order valence-electron chi connectivity index (χ1n) is 5.85. The number of amides is 1. The smallest absolute Gasteiger partial charge is 0.328 e. The number of carboxylic acids is 1. The third kappa shape index (κ3) is 5.13. The van der Waals surface area contributed by atoms with Gasteiger partial charge in [0.2, 0.25) is 5.91 Å². The summed E-state index contributed by atoms with van der Waals surface area (Å²) in [5.74, 6) is -2.06. The molecule has 0 bridgehead atoms. The molecule has 0 aliphatic carbocycles. The summed E-state index contributed by atoms with van der Waals surface area (Å²) in [4.78, 5) is 22.4. The lowest BCUT2D eigenvalue weighted by atomic mass is 10.1. The number of carbonyl (C=O) groups excluding carboxylic acids is 1. The zero-order chi connectivity index (χ0) is 14.6. The van der Waals surface area contributed by atoms with Gasteiger partial charge in [0.15, 0.2) is 15.9 Å². The molecule has 1 aliphatic heterocycles. The van der Waals surface area contributed by atoms with Crippen molar-refractivity contribution in [3.05, 3.63) is 0 Å². The van der Waals surface area contributed by atoms with Gasteiger partial charge in [-0.25, -0.2) is 13.2 Å². The summed E-state index contributed by atoms with van der Waals surface area (Å²) in [6.45, 7) is 1.53. The summed E-state index contributed by atoms with van der Waals surface area (Å²) in [7, 11) is -3.15. The second-order valence-electron chi connectivity index (χ2n) is 4.59. The maximum atomic E-state index is 11.6. The topological polar surface area (TPSA) is 133 Å². The van der Waals surface area contributed by atoms with Gasteiger partial charge in [-0.05, 0) is 6.92 Å². The second kappa shape index (κ2) is 6.31. The molecule has 0 radical (unpaired) electrons. The molecule has 0 aromatic carbocycles. The van der Waals surface area contributed by atoms with Crippen molar-refractivity contribution in [3.63, 3.8) is 0 Å². The molecule has 3 atom stereocenters. The largest absolute Gasteiger partial charge is 0.480 e. The van der Waals surface area contributed by atoms with E-state index in [1.165, 1.54) is 6.92 Å². The molecule has 1 rings (SSSR count). The highest BCUT2D eigenvalue weighted by Crippen LogP contribution is 2.05. The number of hydrogen-bond acceptors (Lipinski definition) is 6. The molecular formula is C10H18N2O6S. The fraction of sp³-hybridized carbons (Fsp3) is 0.800. The number of rotatable bonds is 5. The normalized spacial score (nSPS) is 25.3. The van der Waals surface area contributed by atoms with Gasteiger partial charge in [0.05, 0.1) is 17.6 Å². The molecule has 1 heterocycles. The van der Waals surface area contributed by atoms with Gasteiger partial charge in [0.25, 0.3) is 0 Å². The number of carboxylic acid groups (broad SMARTS) is 1. The van der Waals surface area contributed by atoms with Gasteiger partial charge in [0, 0.05) is 19.0 Å². The Morgan fingerprint density at radius 3 is 2.58 bits per heavy atom. The molecule has 1 saturated heterocycles. The standard InChI is InChI=1S/C10H18N2O6S/c1-6(13)9(10(15)16)12-8(14)4-7-5-19(17,18)3-2-11-7/h6-7,9,11,13H,2-5H2,1H3,(H,12,14)(H,15,16). The fourth-order valence-corrected chi connectivity index (χ4v) is 3.29. The van der Waals surface area contributed by atoms with Crippen molar-refractivity contribution in [2.24, 2.45) is 0 Å². The Hall–Kier alpha value is -1.19. The van der Waals surface area contributed by atoms with Gasteiger partial charge >= 0.3 is 5.97 Å². The van der Waals surface area contributed by atoms with E-state index in [1.54, 1.807) is 0 Å². The number of nitrogens with one attached hydrogen (secondary N) is 2. The number of sulfone groups is 1. The summed E-state index contributed by atoms with van der Waals surface area (Å²) in [5, 5.41) is 23.1. The average Bonchev–Trinajstić information content (AvgIpc) is 2.23. The molecule has 110 valence electrons. The molecular weight excluding hydrogens is 276 g/mol. The fourth-order valence-electron chi connectivity index (χ4n) is 1.84. The molecule has 0 aromatic rings. The summed E-state index contributed by atoms with van der Waals surface area (Å²) in [6, 6.07) is -1.92. The van der Waals surface area contributed by atoms with Gasteiger partial charge in [-0.2, -0.15) is 0 Å². The van der Waals surface area contributed by atoms with Gasteiger partial charge in [-0.1, -0.05) is 0 Å². The van der Waals surface area contributed by atoms with Crippen LogP contribution >= 0.6 is 0 Å². The zero-order valence-electron chi connectivity index (χ0n) is 10.5. The number of aliphatic hydroxyl groups is 1. The minimum Gasteiger partial charge on any atom is -0.480 e. The molecule has 3 unspecified atom stereocenters. The highest BCUT2D eigenvalue weighted by atomic mass is 32.2. The minimum absolute atomic E-state index is 0.0382. The molecule has 1 amide bonds. The van der Waals surface area contributed by atoms with Crippen molar-refractivity contribution in [1.82, 2.24) is 10.6 Å². The Bertz CT molecular complexity index is 447. The first kappa shape index (κ1) is 15.9. The van der Waals surface area contributed by atoms with E-state index in [0.717, 1.165) is 0 Å². The Balaban J connectivity index is 2.53. The maximum Gasteiger partial charge on any atom is 0.328 e. The molecule has 1 fully saturated rings. The molecule has 0 spiro atoms. The molecule has 9 heteroatoms. The predicted molar refractivity (Wildman–Crippen MR) is 66.3 cm³/mol. The number of aliphatic carboxylic acids is 1. The van der Waals surface area contributed by atoms with E-state index in [0.29, 0.717) is 0 Å². The number of aliphatic hydroxyl groups excluding tert-OH is 1. The lowest BCUT2D eigenvalue weighted by Crippen LogP contribution is -2.51. The van der Waals surface area contributed by atoms with Crippen LogP contribution in [-0.2, 0) is 19.4 Å². The van der Waals surface area contributed by atoms with E-state index in [-0.39, 0.29) is 24.5 Å². The number of carbonyl (C=O) groups is 2. The van der Waals surface area contributed by atoms with Crippen LogP contribution in [0.5, 0.6) is 0 Å². The van der Waals surface area contributed by atoms with Gasteiger partial charge < -0.3 is 20.8 Å². The molecule has 19 heavy (non-hydrogen) atoms. The molecule has 8 nitrogen and oxygen atoms in total. The third-order valence-electron chi connectivity index (χ3n) is 2.80. The Morgan fingerprint density at radius 2 is 2.11 bits per heavy atom. The highest BCUT2D eigenvalue weighted by molar-refractivity contribution is 7.91. The van der Waals surface area contributed by atoms with Gasteiger partial charge in [-0.3, -0.25) is 4.79 Å². The van der Waals surface area contributed by atoms with E-state index in [4.69, 9.17) is 5.11 Å². The molecule has 0 saturated carbocycles. The van der Waals surface area contributed by atoms with Crippen LogP contribution in [0.2, 0.25) is 0 Å². The van der Waals surface area contributed by atoms with E-state index < -0.39 is 39.9 Å². The van der Waals surface area contributed by atoms with Crippen LogP contribution in [0, 0.1) is 0 Å². The lowest BCUT2D eigenvalue weighted by molar-refractivity contribution is -0.144. The maximum absolute atomic E-state index is 11.6. The van der Waals surface area contributed by atoms with Crippen LogP contribution in [0.1, 0.15) is 13.3 Å². The Kier molecular flexibility index (Phi) is 5.27. The SMILES string of the molecule is CC(O)C(NC(=O)CC1CS(=O)(=O)CCN1)C(=O)O. The van der Waals surface area contributed by atoms with Crippen LogP contribution in [0.25, 0.3) is 0 Å². The van der Waals surface area contributed by atoms with Gasteiger partial charge in [-0.15, -0.1) is 0 Å². The van der Waals surface area contributed by atoms with Crippen LogP contribution in [0.15, 0.2) is 0 Å². The van der Waals surface area contributed by atoms with Gasteiger partial charge in [0.1, 0.15) is 0 Å². The van der Waals surface area contributed by atoms with Crippen LogP contribution < -0.4 is 10.6 Å². The monoisotopic (exact) mass is 294 g/mol. The molecule has 4 N–H and O–H groups in total. The third-order valence-corrected chi connectivity index (χ3v) is 4.53. The van der Waals surface area contributed by atoms with Crippen molar-refractivity contribution in [2.75, 3.05) is 18.1 Å². The van der Waals surface area contributed by atoms with E-state index in [9.17, 15) is 23.1 Å². The first-order valence-corrected chi connectivity index (χ1v) is 7.67. The summed E-state index contributed by atoms with van der Waals surface area (Å²) in [5.41, 5.74) is 0. The lowest BCUT2D eigenvalue weighted by Gasteiger charge is -2.24. The molecule has 1 aliphatic rings. The summed E-state index contributed by atoms with van der Waals surface area (Å²) in [6.07, 6.45) is -1.38. The van der Waals surface area contributed by atoms with Crippen LogP contribution in [0.4, 0.5) is 0 Å². The Morgan fingerprint density at radius 1 is 1.47 bits per heavy atom. The van der Waals surface area contributed by atoms with Crippen LogP contribution in [0.3, 0.4) is 0 Å². The minimum atomic E-state index is -3.15. The van der Waals surface area contributed by atoms with E-state index in [2.05, 4.69) is 10.6 Å². The molecule has 0 aromatic heterocycles. The average molecular weight is 294 g/mol.